The molecule has 0 unspecified atom stereocenters. The fourth-order valence-electron chi connectivity index (χ4n) is 1.78. The van der Waals surface area contributed by atoms with Gasteiger partial charge in [-0.2, -0.15) is 0 Å². The Morgan fingerprint density at radius 2 is 1.68 bits per heavy atom. The van der Waals surface area contributed by atoms with Crippen LogP contribution >= 0.6 is 0 Å². The molecule has 0 fully saturated rings. The highest BCUT2D eigenvalue weighted by molar-refractivity contribution is 5.94. The first-order valence-corrected chi connectivity index (χ1v) is 6.30. The molecule has 0 bridgehead atoms. The predicted octanol–water partition coefficient (Wildman–Crippen LogP) is 3.19. The largest absolute Gasteiger partial charge is 0.457 e. The summed E-state index contributed by atoms with van der Waals surface area (Å²) in [6, 6.07) is 14.9. The molecule has 0 spiro atoms. The van der Waals surface area contributed by atoms with Crippen LogP contribution in [0, 0.1) is 0 Å². The standard InChI is InChI=1S/C16H17NO2/c1-2-12-7-9-13(10-8-12)11-19-16(18)14-5-3-4-6-15(14)17/h3-10H,2,11,17H2,1H3. The summed E-state index contributed by atoms with van der Waals surface area (Å²) in [5.74, 6) is -0.391. The zero-order valence-corrected chi connectivity index (χ0v) is 10.9. The summed E-state index contributed by atoms with van der Waals surface area (Å²) in [5, 5.41) is 0. The van der Waals surface area contributed by atoms with Crippen LogP contribution < -0.4 is 5.73 Å². The van der Waals surface area contributed by atoms with Crippen molar-refractivity contribution < 1.29 is 9.53 Å². The number of nitrogens with two attached hydrogens (primary N) is 1. The summed E-state index contributed by atoms with van der Waals surface area (Å²) in [6.07, 6.45) is 1.00. The number of hydrogen-bond donors (Lipinski definition) is 1. The molecule has 0 radical (unpaired) electrons. The number of esters is 1. The Bertz CT molecular complexity index is 561. The van der Waals surface area contributed by atoms with Crippen molar-refractivity contribution in [2.24, 2.45) is 0 Å². The van der Waals surface area contributed by atoms with Gasteiger partial charge >= 0.3 is 5.97 Å². The van der Waals surface area contributed by atoms with Gasteiger partial charge in [-0.3, -0.25) is 0 Å². The number of nitrogen functional groups attached to an aromatic ring is 1. The average molecular weight is 255 g/mol. The van der Waals surface area contributed by atoms with Crippen molar-refractivity contribution in [3.8, 4) is 0 Å². The van der Waals surface area contributed by atoms with Crippen LogP contribution in [0.5, 0.6) is 0 Å². The van der Waals surface area contributed by atoms with Gasteiger partial charge < -0.3 is 10.5 Å². The van der Waals surface area contributed by atoms with Gasteiger partial charge in [0.15, 0.2) is 0 Å². The third-order valence-electron chi connectivity index (χ3n) is 2.98. The van der Waals surface area contributed by atoms with Gasteiger partial charge in [0.1, 0.15) is 6.61 Å². The number of rotatable bonds is 4. The summed E-state index contributed by atoms with van der Waals surface area (Å²) >= 11 is 0. The second-order valence-corrected chi connectivity index (χ2v) is 4.33. The van der Waals surface area contributed by atoms with E-state index >= 15 is 0 Å². The minimum Gasteiger partial charge on any atom is -0.457 e. The minimum atomic E-state index is -0.391. The third-order valence-corrected chi connectivity index (χ3v) is 2.98. The maximum absolute atomic E-state index is 11.9. The van der Waals surface area contributed by atoms with Gasteiger partial charge in [0.05, 0.1) is 5.56 Å². The van der Waals surface area contributed by atoms with E-state index in [0.29, 0.717) is 11.3 Å². The lowest BCUT2D eigenvalue weighted by atomic mass is 10.1. The van der Waals surface area contributed by atoms with Crippen LogP contribution in [0.4, 0.5) is 5.69 Å². The van der Waals surface area contributed by atoms with E-state index in [1.165, 1.54) is 5.56 Å². The molecule has 0 heterocycles. The molecule has 3 heteroatoms. The molecule has 0 atom stereocenters. The molecule has 2 rings (SSSR count). The highest BCUT2D eigenvalue weighted by atomic mass is 16.5. The monoisotopic (exact) mass is 255 g/mol. The second kappa shape index (κ2) is 6.05. The smallest absolute Gasteiger partial charge is 0.340 e. The Morgan fingerprint density at radius 1 is 1.05 bits per heavy atom. The summed E-state index contributed by atoms with van der Waals surface area (Å²) in [6.45, 7) is 2.37. The molecule has 0 aromatic heterocycles. The van der Waals surface area contributed by atoms with Crippen molar-refractivity contribution in [3.05, 3.63) is 65.2 Å². The molecule has 3 nitrogen and oxygen atoms in total. The maximum Gasteiger partial charge on any atom is 0.340 e. The van der Waals surface area contributed by atoms with E-state index < -0.39 is 5.97 Å². The van der Waals surface area contributed by atoms with Gasteiger partial charge in [0.25, 0.3) is 0 Å². The number of anilines is 1. The number of benzene rings is 2. The topological polar surface area (TPSA) is 52.3 Å². The van der Waals surface area contributed by atoms with Crippen LogP contribution in [0.2, 0.25) is 0 Å². The lowest BCUT2D eigenvalue weighted by Gasteiger charge is -2.07. The molecule has 98 valence electrons. The number of para-hydroxylation sites is 1. The Hall–Kier alpha value is -2.29. The molecule has 19 heavy (non-hydrogen) atoms. The molecule has 2 N–H and O–H groups in total. The molecule has 0 aliphatic carbocycles. The molecule has 2 aromatic rings. The zero-order chi connectivity index (χ0) is 13.7. The summed E-state index contributed by atoms with van der Waals surface area (Å²) in [5.41, 5.74) is 8.81. The normalized spacial score (nSPS) is 10.2. The van der Waals surface area contributed by atoms with Gasteiger partial charge in [0.2, 0.25) is 0 Å². The lowest BCUT2D eigenvalue weighted by Crippen LogP contribution is -2.08. The van der Waals surface area contributed by atoms with E-state index in [1.807, 2.05) is 24.3 Å². The van der Waals surface area contributed by atoms with Gasteiger partial charge in [-0.05, 0) is 29.7 Å². The second-order valence-electron chi connectivity index (χ2n) is 4.33. The van der Waals surface area contributed by atoms with Crippen LogP contribution in [0.25, 0.3) is 0 Å². The van der Waals surface area contributed by atoms with Gasteiger partial charge in [-0.1, -0.05) is 43.3 Å². The molecular formula is C16H17NO2. The van der Waals surface area contributed by atoms with Crippen molar-refractivity contribution >= 4 is 11.7 Å². The minimum absolute atomic E-state index is 0.261. The van der Waals surface area contributed by atoms with Crippen LogP contribution in [-0.4, -0.2) is 5.97 Å². The van der Waals surface area contributed by atoms with Crippen molar-refractivity contribution in [3.63, 3.8) is 0 Å². The first-order chi connectivity index (χ1) is 9.20. The van der Waals surface area contributed by atoms with E-state index in [0.717, 1.165) is 12.0 Å². The summed E-state index contributed by atoms with van der Waals surface area (Å²) in [4.78, 5) is 11.9. The quantitative estimate of drug-likeness (QED) is 0.674. The Labute approximate surface area is 113 Å². The molecule has 0 amide bonds. The highest BCUT2D eigenvalue weighted by Gasteiger charge is 2.10. The Balaban J connectivity index is 1.98. The third kappa shape index (κ3) is 3.35. The highest BCUT2D eigenvalue weighted by Crippen LogP contribution is 2.13. The maximum atomic E-state index is 11.9. The summed E-state index contributed by atoms with van der Waals surface area (Å²) < 4.78 is 5.25. The van der Waals surface area contributed by atoms with Crippen LogP contribution in [0.15, 0.2) is 48.5 Å². The molecule has 2 aromatic carbocycles. The molecule has 0 aliphatic rings. The van der Waals surface area contributed by atoms with E-state index in [9.17, 15) is 4.79 Å². The number of hydrogen-bond acceptors (Lipinski definition) is 3. The first kappa shape index (κ1) is 13.1. The zero-order valence-electron chi connectivity index (χ0n) is 10.9. The molecule has 0 saturated heterocycles. The van der Waals surface area contributed by atoms with Crippen LogP contribution in [-0.2, 0) is 17.8 Å². The Kier molecular flexibility index (Phi) is 4.18. The van der Waals surface area contributed by atoms with E-state index in [2.05, 4.69) is 6.92 Å². The van der Waals surface area contributed by atoms with Crippen molar-refractivity contribution in [1.29, 1.82) is 0 Å². The fourth-order valence-corrected chi connectivity index (χ4v) is 1.78. The number of ether oxygens (including phenoxy) is 1. The molecular weight excluding hydrogens is 238 g/mol. The van der Waals surface area contributed by atoms with Crippen molar-refractivity contribution in [2.45, 2.75) is 20.0 Å². The van der Waals surface area contributed by atoms with Crippen molar-refractivity contribution in [1.82, 2.24) is 0 Å². The lowest BCUT2D eigenvalue weighted by molar-refractivity contribution is 0.0474. The molecule has 0 saturated carbocycles. The van der Waals surface area contributed by atoms with E-state index in [1.54, 1.807) is 24.3 Å². The summed E-state index contributed by atoms with van der Waals surface area (Å²) in [7, 11) is 0. The first-order valence-electron chi connectivity index (χ1n) is 6.30. The van der Waals surface area contributed by atoms with E-state index in [-0.39, 0.29) is 6.61 Å². The van der Waals surface area contributed by atoms with Gasteiger partial charge in [0, 0.05) is 5.69 Å². The van der Waals surface area contributed by atoms with Crippen LogP contribution in [0.3, 0.4) is 0 Å². The van der Waals surface area contributed by atoms with Gasteiger partial charge in [-0.15, -0.1) is 0 Å². The van der Waals surface area contributed by atoms with Gasteiger partial charge in [-0.25, -0.2) is 4.79 Å². The average Bonchev–Trinajstić information content (AvgIpc) is 2.46. The Morgan fingerprint density at radius 3 is 2.32 bits per heavy atom. The number of carbonyl (C=O) groups excluding carboxylic acids is 1. The van der Waals surface area contributed by atoms with E-state index in [4.69, 9.17) is 10.5 Å². The SMILES string of the molecule is CCc1ccc(COC(=O)c2ccccc2N)cc1. The number of carbonyl (C=O) groups is 1. The molecule has 0 aliphatic heterocycles. The number of aryl methyl sites for hydroxylation is 1. The fraction of sp³-hybridized carbons (Fsp3) is 0.188. The van der Waals surface area contributed by atoms with Crippen LogP contribution in [0.1, 0.15) is 28.4 Å². The predicted molar refractivity (Wildman–Crippen MR) is 75.8 cm³/mol. The van der Waals surface area contributed by atoms with Crippen molar-refractivity contribution in [2.75, 3.05) is 5.73 Å².